The van der Waals surface area contributed by atoms with E-state index in [1.54, 1.807) is 6.08 Å². The normalized spacial score (nSPS) is 14.9. The molecule has 0 radical (unpaired) electrons. The third-order valence-corrected chi connectivity index (χ3v) is 9.81. The topological polar surface area (TPSA) is 105 Å². The van der Waals surface area contributed by atoms with Crippen molar-refractivity contribution in [1.82, 2.24) is 5.32 Å². The van der Waals surface area contributed by atoms with Gasteiger partial charge in [0, 0.05) is 6.42 Å². The summed E-state index contributed by atoms with van der Waals surface area (Å²) >= 11 is 0. The molecule has 1 amide bonds. The maximum atomic E-state index is 12.8. The number of rotatable bonds is 36. The fraction of sp³-hybridized carbons (Fsp3) is 0.829. The van der Waals surface area contributed by atoms with E-state index in [0.717, 1.165) is 51.4 Å². The second-order valence-electron chi connectivity index (χ2n) is 15.0. The molecule has 0 saturated carbocycles. The number of nitrogens with one attached hydrogen (secondary N) is 1. The maximum Gasteiger partial charge on any atom is 0.472 e. The SMILES string of the molecule is CCC/C=C/CC/C=C/CC/C=C/C(O)C(COP(=O)(O)OCC[N+](C)(C)C)NC(=O)CCCCCCCCCCCCCCCCCCC. The van der Waals surface area contributed by atoms with Gasteiger partial charge in [0.15, 0.2) is 0 Å². The van der Waals surface area contributed by atoms with Crippen LogP contribution in [0.5, 0.6) is 0 Å². The molecule has 0 aromatic rings. The second-order valence-corrected chi connectivity index (χ2v) is 16.5. The van der Waals surface area contributed by atoms with Crippen LogP contribution in [0.1, 0.15) is 168 Å². The van der Waals surface area contributed by atoms with Gasteiger partial charge in [0.1, 0.15) is 13.2 Å². The van der Waals surface area contributed by atoms with E-state index in [-0.39, 0.29) is 19.1 Å². The number of amides is 1. The lowest BCUT2D eigenvalue weighted by atomic mass is 10.0. The zero-order chi connectivity index (χ0) is 37.2. The van der Waals surface area contributed by atoms with E-state index in [9.17, 15) is 19.4 Å². The summed E-state index contributed by atoms with van der Waals surface area (Å²) in [6.45, 7) is 4.70. The number of hydrogen-bond acceptors (Lipinski definition) is 5. The minimum Gasteiger partial charge on any atom is -0.387 e. The molecule has 0 aliphatic rings. The summed E-state index contributed by atoms with van der Waals surface area (Å²) in [6, 6.07) is -0.863. The number of phosphoric ester groups is 1. The zero-order valence-electron chi connectivity index (χ0n) is 33.1. The average molecular weight is 728 g/mol. The first-order chi connectivity index (χ1) is 24.0. The highest BCUT2D eigenvalue weighted by molar-refractivity contribution is 7.47. The first-order valence-corrected chi connectivity index (χ1v) is 21.9. The lowest BCUT2D eigenvalue weighted by molar-refractivity contribution is -0.870. The standard InChI is InChI=1S/C41H79N2O6P/c1-6-8-10-12-14-16-18-19-20-21-22-23-25-27-29-31-33-35-41(45)42-39(38-49-50(46,47)48-37-36-43(3,4)5)40(44)34-32-30-28-26-24-17-15-13-11-9-7-2/h11,13,24,26,32,34,39-40,44H,6-10,12,14-23,25,27-31,33,35-38H2,1-5H3,(H-,42,45,46,47)/p+1/b13-11+,26-24+,34-32+. The number of aliphatic hydroxyl groups excluding tert-OH is 1. The highest BCUT2D eigenvalue weighted by atomic mass is 31.2. The van der Waals surface area contributed by atoms with Gasteiger partial charge in [-0.25, -0.2) is 4.57 Å². The number of allylic oxidation sites excluding steroid dienone is 5. The van der Waals surface area contributed by atoms with Crippen LogP contribution in [-0.4, -0.2) is 73.4 Å². The van der Waals surface area contributed by atoms with Gasteiger partial charge in [0.05, 0.1) is 39.9 Å². The molecule has 0 rings (SSSR count). The van der Waals surface area contributed by atoms with E-state index in [4.69, 9.17) is 9.05 Å². The Morgan fingerprint density at radius 1 is 0.660 bits per heavy atom. The molecule has 3 unspecified atom stereocenters. The molecule has 0 aromatic carbocycles. The summed E-state index contributed by atoms with van der Waals surface area (Å²) in [4.78, 5) is 23.0. The number of likely N-dealkylation sites (N-methyl/N-ethyl adjacent to an activating group) is 1. The molecule has 0 aliphatic carbocycles. The fourth-order valence-electron chi connectivity index (χ4n) is 5.55. The molecule has 50 heavy (non-hydrogen) atoms. The van der Waals surface area contributed by atoms with Gasteiger partial charge in [0.25, 0.3) is 0 Å². The van der Waals surface area contributed by atoms with Crippen molar-refractivity contribution < 1.29 is 32.9 Å². The number of unbranched alkanes of at least 4 members (excludes halogenated alkanes) is 19. The molecule has 3 N–H and O–H groups in total. The molecule has 0 aromatic heterocycles. The van der Waals surface area contributed by atoms with Crippen LogP contribution in [0.4, 0.5) is 0 Å². The van der Waals surface area contributed by atoms with Crippen molar-refractivity contribution in [3.8, 4) is 0 Å². The Kier molecular flexibility index (Phi) is 32.7. The van der Waals surface area contributed by atoms with Crippen LogP contribution in [0, 0.1) is 0 Å². The van der Waals surface area contributed by atoms with Gasteiger partial charge < -0.3 is 19.8 Å². The van der Waals surface area contributed by atoms with Crippen LogP contribution in [0.2, 0.25) is 0 Å². The molecule has 9 heteroatoms. The number of carbonyl (C=O) groups excluding carboxylic acids is 1. The minimum absolute atomic E-state index is 0.0542. The quantitative estimate of drug-likeness (QED) is 0.0257. The number of carbonyl (C=O) groups is 1. The number of phosphoric acid groups is 1. The Balaban J connectivity index is 4.46. The largest absolute Gasteiger partial charge is 0.472 e. The van der Waals surface area contributed by atoms with Crippen molar-refractivity contribution in [1.29, 1.82) is 0 Å². The zero-order valence-corrected chi connectivity index (χ0v) is 34.0. The van der Waals surface area contributed by atoms with Gasteiger partial charge >= 0.3 is 7.82 Å². The summed E-state index contributed by atoms with van der Waals surface area (Å²) in [6.07, 6.45) is 39.3. The number of quaternary nitrogens is 1. The molecule has 294 valence electrons. The van der Waals surface area contributed by atoms with Gasteiger partial charge in [-0.05, 0) is 38.5 Å². The molecule has 0 saturated heterocycles. The van der Waals surface area contributed by atoms with Crippen molar-refractivity contribution in [3.63, 3.8) is 0 Å². The summed E-state index contributed by atoms with van der Waals surface area (Å²) in [7, 11) is 1.54. The third kappa shape index (κ3) is 35.1. The molecule has 0 aliphatic heterocycles. The predicted molar refractivity (Wildman–Crippen MR) is 212 cm³/mol. The maximum absolute atomic E-state index is 12.8. The van der Waals surface area contributed by atoms with Crippen molar-refractivity contribution in [3.05, 3.63) is 36.5 Å². The van der Waals surface area contributed by atoms with E-state index in [2.05, 4.69) is 43.5 Å². The number of hydrogen-bond donors (Lipinski definition) is 3. The van der Waals surface area contributed by atoms with Crippen molar-refractivity contribution >= 4 is 13.7 Å². The second kappa shape index (κ2) is 33.5. The highest BCUT2D eigenvalue weighted by Gasteiger charge is 2.27. The molecular weight excluding hydrogens is 647 g/mol. The molecular formula is C41H80N2O6P+. The smallest absolute Gasteiger partial charge is 0.387 e. The van der Waals surface area contributed by atoms with Crippen molar-refractivity contribution in [2.45, 2.75) is 180 Å². The Morgan fingerprint density at radius 2 is 1.10 bits per heavy atom. The Hall–Kier alpha value is -1.28. The molecule has 0 fully saturated rings. The third-order valence-electron chi connectivity index (χ3n) is 8.82. The van der Waals surface area contributed by atoms with E-state index in [1.165, 1.54) is 96.3 Å². The monoisotopic (exact) mass is 728 g/mol. The van der Waals surface area contributed by atoms with Gasteiger partial charge in [-0.3, -0.25) is 13.8 Å². The Bertz CT molecular complexity index is 917. The van der Waals surface area contributed by atoms with Crippen LogP contribution >= 0.6 is 7.82 Å². The first kappa shape index (κ1) is 48.7. The summed E-state index contributed by atoms with van der Waals surface area (Å²) in [5.41, 5.74) is 0. The molecule has 0 spiro atoms. The van der Waals surface area contributed by atoms with Crippen molar-refractivity contribution in [2.75, 3.05) is 40.9 Å². The van der Waals surface area contributed by atoms with E-state index in [1.807, 2.05) is 27.2 Å². The Morgan fingerprint density at radius 3 is 1.56 bits per heavy atom. The average Bonchev–Trinajstić information content (AvgIpc) is 3.06. The summed E-state index contributed by atoms with van der Waals surface area (Å²) in [5.74, 6) is -0.193. The first-order valence-electron chi connectivity index (χ1n) is 20.4. The van der Waals surface area contributed by atoms with E-state index >= 15 is 0 Å². The van der Waals surface area contributed by atoms with Crippen LogP contribution in [0.25, 0.3) is 0 Å². The Labute approximate surface area is 308 Å². The van der Waals surface area contributed by atoms with Gasteiger partial charge in [-0.2, -0.15) is 0 Å². The minimum atomic E-state index is -4.34. The molecule has 8 nitrogen and oxygen atoms in total. The number of nitrogens with zero attached hydrogens (tertiary/aromatic N) is 1. The molecule has 3 atom stereocenters. The predicted octanol–water partition coefficient (Wildman–Crippen LogP) is 10.7. The van der Waals surface area contributed by atoms with Gasteiger partial charge in [-0.15, -0.1) is 0 Å². The molecule has 0 heterocycles. The van der Waals surface area contributed by atoms with Gasteiger partial charge in [-0.1, -0.05) is 159 Å². The highest BCUT2D eigenvalue weighted by Crippen LogP contribution is 2.43. The van der Waals surface area contributed by atoms with Crippen LogP contribution < -0.4 is 5.32 Å². The molecule has 0 bridgehead atoms. The lowest BCUT2D eigenvalue weighted by Crippen LogP contribution is -2.45. The van der Waals surface area contributed by atoms with Crippen LogP contribution in [0.15, 0.2) is 36.5 Å². The van der Waals surface area contributed by atoms with E-state index < -0.39 is 20.0 Å². The van der Waals surface area contributed by atoms with E-state index in [0.29, 0.717) is 17.4 Å². The number of aliphatic hydroxyl groups is 1. The summed E-state index contributed by atoms with van der Waals surface area (Å²) < 4.78 is 23.4. The van der Waals surface area contributed by atoms with Crippen molar-refractivity contribution in [2.24, 2.45) is 0 Å². The lowest BCUT2D eigenvalue weighted by Gasteiger charge is -2.25. The summed E-state index contributed by atoms with van der Waals surface area (Å²) in [5, 5.41) is 13.7. The van der Waals surface area contributed by atoms with Gasteiger partial charge in [0.2, 0.25) is 5.91 Å². The van der Waals surface area contributed by atoms with Crippen LogP contribution in [-0.2, 0) is 18.4 Å². The fourth-order valence-corrected chi connectivity index (χ4v) is 6.29. The van der Waals surface area contributed by atoms with Crippen LogP contribution in [0.3, 0.4) is 0 Å².